The van der Waals surface area contributed by atoms with Gasteiger partial charge in [0.25, 0.3) is 0 Å². The number of nitrogens with zero attached hydrogens (tertiary/aromatic N) is 3. The number of rotatable bonds is 5. The van der Waals surface area contributed by atoms with Crippen molar-refractivity contribution >= 4 is 77.4 Å². The number of aromatic nitrogens is 1. The molecule has 11 aromatic rings. The van der Waals surface area contributed by atoms with E-state index in [2.05, 4.69) is 143 Å². The Balaban J connectivity index is 0.929. The van der Waals surface area contributed by atoms with E-state index in [9.17, 15) is 0 Å². The second-order valence-corrected chi connectivity index (χ2v) is 14.6. The summed E-state index contributed by atoms with van der Waals surface area (Å²) in [5.41, 5.74) is 11.9. The summed E-state index contributed by atoms with van der Waals surface area (Å²) in [4.78, 5) is 10.1. The molecule has 12 rings (SSSR count). The number of benzene rings is 8. The Labute approximate surface area is 326 Å². The zero-order valence-corrected chi connectivity index (χ0v) is 30.6. The number of hydrogen-bond acceptors (Lipinski definition) is 5. The lowest BCUT2D eigenvalue weighted by molar-refractivity contribution is 0.662. The number of hydrogen-bond donors (Lipinski definition) is 1. The maximum absolute atomic E-state index is 6.61. The van der Waals surface area contributed by atoms with Crippen LogP contribution in [0, 0.1) is 0 Å². The number of fused-ring (bicyclic) bond motifs is 9. The van der Waals surface area contributed by atoms with Crippen LogP contribution in [-0.2, 0) is 0 Å². The van der Waals surface area contributed by atoms with Gasteiger partial charge in [0.05, 0.1) is 11.0 Å². The molecule has 1 aliphatic rings. The molecule has 0 spiro atoms. The second-order valence-electron chi connectivity index (χ2n) is 14.6. The molecule has 6 nitrogen and oxygen atoms in total. The van der Waals surface area contributed by atoms with Crippen LogP contribution in [0.4, 0.5) is 0 Å². The molecule has 0 bridgehead atoms. The van der Waals surface area contributed by atoms with Crippen molar-refractivity contribution in [2.75, 3.05) is 0 Å². The number of para-hydroxylation sites is 2. The third kappa shape index (κ3) is 5.04. The van der Waals surface area contributed by atoms with Crippen LogP contribution in [-0.4, -0.2) is 16.2 Å². The molecule has 0 amide bonds. The molecule has 1 N–H and O–H groups in total. The van der Waals surface area contributed by atoms with E-state index in [-0.39, 0.29) is 6.17 Å². The zero-order chi connectivity index (χ0) is 37.5. The summed E-state index contributed by atoms with van der Waals surface area (Å²) in [6.45, 7) is 0. The smallest absolute Gasteiger partial charge is 0.159 e. The van der Waals surface area contributed by atoms with Crippen LogP contribution in [0.1, 0.15) is 22.9 Å². The maximum atomic E-state index is 6.61. The molecule has 268 valence electrons. The Morgan fingerprint density at radius 2 is 1.02 bits per heavy atom. The molecule has 1 atom stereocenters. The van der Waals surface area contributed by atoms with Crippen LogP contribution >= 0.6 is 0 Å². The highest BCUT2D eigenvalue weighted by atomic mass is 16.3. The van der Waals surface area contributed by atoms with Crippen molar-refractivity contribution in [3.05, 3.63) is 199 Å². The summed E-state index contributed by atoms with van der Waals surface area (Å²) in [7, 11) is 0. The van der Waals surface area contributed by atoms with Crippen LogP contribution in [0.25, 0.3) is 82.5 Å². The normalized spacial score (nSPS) is 14.5. The Morgan fingerprint density at radius 1 is 0.439 bits per heavy atom. The van der Waals surface area contributed by atoms with Gasteiger partial charge in [-0.15, -0.1) is 0 Å². The van der Waals surface area contributed by atoms with E-state index in [4.69, 9.17) is 18.8 Å². The summed E-state index contributed by atoms with van der Waals surface area (Å²) in [6, 6.07) is 63.2. The molecule has 8 aromatic carbocycles. The van der Waals surface area contributed by atoms with Crippen molar-refractivity contribution in [1.82, 2.24) is 9.88 Å². The predicted molar refractivity (Wildman–Crippen MR) is 233 cm³/mol. The van der Waals surface area contributed by atoms with Crippen molar-refractivity contribution in [1.29, 1.82) is 0 Å². The van der Waals surface area contributed by atoms with Gasteiger partial charge in [0, 0.05) is 60.8 Å². The van der Waals surface area contributed by atoms with Crippen LogP contribution in [0.2, 0.25) is 0 Å². The molecular weight excluding hydrogens is 701 g/mol. The van der Waals surface area contributed by atoms with Gasteiger partial charge in [0.1, 0.15) is 34.3 Å². The third-order valence-corrected chi connectivity index (χ3v) is 11.3. The summed E-state index contributed by atoms with van der Waals surface area (Å²) < 4.78 is 15.5. The average Bonchev–Trinajstić information content (AvgIpc) is 3.95. The molecule has 0 aliphatic carbocycles. The van der Waals surface area contributed by atoms with Gasteiger partial charge in [-0.2, -0.15) is 0 Å². The lowest BCUT2D eigenvalue weighted by Gasteiger charge is -2.24. The van der Waals surface area contributed by atoms with Crippen LogP contribution in [0.15, 0.2) is 201 Å². The van der Waals surface area contributed by atoms with Crippen molar-refractivity contribution in [2.45, 2.75) is 6.17 Å². The Kier molecular flexibility index (Phi) is 6.89. The first-order valence-electron chi connectivity index (χ1n) is 19.2. The van der Waals surface area contributed by atoms with Crippen molar-refractivity contribution in [2.24, 2.45) is 9.98 Å². The molecule has 4 heterocycles. The molecule has 1 unspecified atom stereocenters. The summed E-state index contributed by atoms with van der Waals surface area (Å²) in [5, 5.41) is 10.4. The first-order chi connectivity index (χ1) is 28.2. The highest BCUT2D eigenvalue weighted by molar-refractivity contribution is 6.14. The topological polar surface area (TPSA) is 68.0 Å². The summed E-state index contributed by atoms with van der Waals surface area (Å²) in [6.07, 6.45) is -0.372. The molecule has 0 saturated carbocycles. The van der Waals surface area contributed by atoms with Gasteiger partial charge in [-0.3, -0.25) is 0 Å². The molecule has 1 aliphatic heterocycles. The Morgan fingerprint density at radius 3 is 1.74 bits per heavy atom. The highest BCUT2D eigenvalue weighted by Gasteiger charge is 2.25. The molecular formula is C51H32N4O2. The van der Waals surface area contributed by atoms with E-state index in [1.54, 1.807) is 0 Å². The van der Waals surface area contributed by atoms with Crippen LogP contribution < -0.4 is 5.32 Å². The fraction of sp³-hybridized carbons (Fsp3) is 0.0196. The predicted octanol–water partition coefficient (Wildman–Crippen LogP) is 12.7. The average molecular weight is 733 g/mol. The fourth-order valence-corrected chi connectivity index (χ4v) is 8.61. The van der Waals surface area contributed by atoms with Gasteiger partial charge in [-0.1, -0.05) is 121 Å². The van der Waals surface area contributed by atoms with Crippen LogP contribution in [0.3, 0.4) is 0 Å². The largest absolute Gasteiger partial charge is 0.456 e. The monoisotopic (exact) mass is 732 g/mol. The van der Waals surface area contributed by atoms with Gasteiger partial charge in [-0.25, -0.2) is 9.98 Å². The zero-order valence-electron chi connectivity index (χ0n) is 30.6. The number of furan rings is 2. The first kappa shape index (κ1) is 31.6. The molecule has 57 heavy (non-hydrogen) atoms. The first-order valence-corrected chi connectivity index (χ1v) is 19.2. The molecule has 0 radical (unpaired) electrons. The molecule has 0 fully saturated rings. The lowest BCUT2D eigenvalue weighted by Crippen LogP contribution is -2.33. The minimum atomic E-state index is -0.372. The minimum absolute atomic E-state index is 0.372. The minimum Gasteiger partial charge on any atom is -0.456 e. The quantitative estimate of drug-likeness (QED) is 0.192. The van der Waals surface area contributed by atoms with Gasteiger partial charge in [0.2, 0.25) is 0 Å². The van der Waals surface area contributed by atoms with Crippen molar-refractivity contribution in [3.8, 4) is 16.8 Å². The summed E-state index contributed by atoms with van der Waals surface area (Å²) >= 11 is 0. The van der Waals surface area contributed by atoms with Crippen molar-refractivity contribution < 1.29 is 8.83 Å². The van der Waals surface area contributed by atoms with E-state index < -0.39 is 0 Å². The number of aliphatic imine (C=N–C) groups is 2. The van der Waals surface area contributed by atoms with E-state index in [0.717, 1.165) is 83.2 Å². The van der Waals surface area contributed by atoms with E-state index >= 15 is 0 Å². The standard InChI is InChI=1S/C51H32N4O2/c1-3-12-31(13-4-1)49-52-50(32-14-5-2-6-15-32)54-51(53-49)41-18-11-21-44-48(41)40-26-23-34(29-46(40)56-44)33-22-25-38-39-27-24-35(30-47(39)57-45(38)28-33)55-42-19-9-7-16-36(42)37-17-8-10-20-43(37)55/h1-30,51H,(H,52,53,54). The fourth-order valence-electron chi connectivity index (χ4n) is 8.61. The highest BCUT2D eigenvalue weighted by Crippen LogP contribution is 2.40. The lowest BCUT2D eigenvalue weighted by atomic mass is 9.99. The van der Waals surface area contributed by atoms with Gasteiger partial charge < -0.3 is 18.7 Å². The Hall–Kier alpha value is -7.70. The van der Waals surface area contributed by atoms with Gasteiger partial charge in [-0.05, 0) is 65.7 Å². The van der Waals surface area contributed by atoms with Crippen LogP contribution in [0.5, 0.6) is 0 Å². The van der Waals surface area contributed by atoms with E-state index in [1.165, 1.54) is 21.8 Å². The molecule has 3 aromatic heterocycles. The Bertz CT molecular complexity index is 3390. The van der Waals surface area contributed by atoms with E-state index in [1.807, 2.05) is 48.5 Å². The van der Waals surface area contributed by atoms with Crippen molar-refractivity contribution in [3.63, 3.8) is 0 Å². The third-order valence-electron chi connectivity index (χ3n) is 11.3. The summed E-state index contributed by atoms with van der Waals surface area (Å²) in [5.74, 6) is 1.47. The SMILES string of the molecule is c1ccc(C2=NC(c3cccc4oc5cc(-c6ccc7c(c6)oc6cc(-n8c9ccccc9c9ccccc98)ccc67)ccc5c34)NC(c3ccccc3)=N2)cc1. The number of amidine groups is 2. The second kappa shape index (κ2) is 12.4. The van der Waals surface area contributed by atoms with Gasteiger partial charge >= 0.3 is 0 Å². The number of nitrogens with one attached hydrogen (secondary N) is 1. The maximum Gasteiger partial charge on any atom is 0.159 e. The van der Waals surface area contributed by atoms with Gasteiger partial charge in [0.15, 0.2) is 5.84 Å². The molecule has 6 heteroatoms. The molecule has 0 saturated heterocycles. The van der Waals surface area contributed by atoms with E-state index in [0.29, 0.717) is 5.84 Å².